The van der Waals surface area contributed by atoms with Gasteiger partial charge in [-0.05, 0) is 45.6 Å². The molecule has 1 aliphatic carbocycles. The van der Waals surface area contributed by atoms with E-state index in [-0.39, 0.29) is 5.54 Å². The predicted molar refractivity (Wildman–Crippen MR) is 52.1 cm³/mol. The second-order valence-electron chi connectivity index (χ2n) is 4.93. The van der Waals surface area contributed by atoms with Crippen LogP contribution in [0.25, 0.3) is 0 Å². The lowest BCUT2D eigenvalue weighted by atomic mass is 9.86. The topological polar surface area (TPSA) is 27.0 Å². The lowest BCUT2D eigenvalue weighted by Crippen LogP contribution is -2.43. The molecule has 2 fully saturated rings. The molecule has 1 unspecified atom stereocenters. The number of nitriles is 1. The minimum Gasteiger partial charge on any atom is -0.295 e. The van der Waals surface area contributed by atoms with Crippen molar-refractivity contribution in [2.24, 2.45) is 5.92 Å². The molecule has 0 bridgehead atoms. The van der Waals surface area contributed by atoms with E-state index in [0.717, 1.165) is 12.5 Å². The van der Waals surface area contributed by atoms with E-state index in [1.165, 1.54) is 25.8 Å². The van der Waals surface area contributed by atoms with Gasteiger partial charge in [0.25, 0.3) is 0 Å². The summed E-state index contributed by atoms with van der Waals surface area (Å²) in [6.07, 6.45) is 4.71. The SMILES string of the molecule is CC1(C)C(CC#N)CCN1C1CC1. The molecule has 13 heavy (non-hydrogen) atoms. The lowest BCUT2D eigenvalue weighted by Gasteiger charge is -2.35. The number of nitrogens with zero attached hydrogens (tertiary/aromatic N) is 2. The lowest BCUT2D eigenvalue weighted by molar-refractivity contribution is 0.131. The molecule has 1 saturated carbocycles. The Hall–Kier alpha value is -0.550. The Bertz CT molecular complexity index is 235. The fourth-order valence-corrected chi connectivity index (χ4v) is 2.67. The maximum atomic E-state index is 8.73. The molecular weight excluding hydrogens is 160 g/mol. The molecule has 2 aliphatic rings. The first kappa shape index (κ1) is 9.02. The van der Waals surface area contributed by atoms with Crippen LogP contribution in [0, 0.1) is 17.2 Å². The standard InChI is InChI=1S/C11H18N2/c1-11(2)9(5-7-12)6-8-13(11)10-3-4-10/h9-10H,3-6,8H2,1-2H3. The van der Waals surface area contributed by atoms with Crippen LogP contribution in [0.2, 0.25) is 0 Å². The van der Waals surface area contributed by atoms with Crippen LogP contribution in [0.4, 0.5) is 0 Å². The van der Waals surface area contributed by atoms with E-state index >= 15 is 0 Å². The molecule has 0 aromatic heterocycles. The number of likely N-dealkylation sites (tertiary alicyclic amines) is 1. The van der Waals surface area contributed by atoms with Crippen molar-refractivity contribution < 1.29 is 0 Å². The van der Waals surface area contributed by atoms with Crippen molar-refractivity contribution in [1.29, 1.82) is 5.26 Å². The Balaban J connectivity index is 2.06. The van der Waals surface area contributed by atoms with Gasteiger partial charge in [0.1, 0.15) is 0 Å². The van der Waals surface area contributed by atoms with Gasteiger partial charge in [0, 0.05) is 18.0 Å². The summed E-state index contributed by atoms with van der Waals surface area (Å²) >= 11 is 0. The van der Waals surface area contributed by atoms with Crippen molar-refractivity contribution in [3.8, 4) is 6.07 Å². The van der Waals surface area contributed by atoms with Gasteiger partial charge in [-0.25, -0.2) is 0 Å². The van der Waals surface area contributed by atoms with Gasteiger partial charge in [0.05, 0.1) is 6.07 Å². The maximum absolute atomic E-state index is 8.73. The zero-order chi connectivity index (χ0) is 9.47. The maximum Gasteiger partial charge on any atom is 0.0625 e. The molecule has 0 amide bonds. The summed E-state index contributed by atoms with van der Waals surface area (Å²) in [6.45, 7) is 5.82. The first-order valence-corrected chi connectivity index (χ1v) is 5.30. The van der Waals surface area contributed by atoms with Crippen molar-refractivity contribution in [2.45, 2.75) is 51.1 Å². The molecule has 2 rings (SSSR count). The molecule has 0 aromatic rings. The summed E-state index contributed by atoms with van der Waals surface area (Å²) in [5.74, 6) is 0.595. The van der Waals surface area contributed by atoms with Gasteiger partial charge in [0.2, 0.25) is 0 Å². The highest BCUT2D eigenvalue weighted by Crippen LogP contribution is 2.43. The van der Waals surface area contributed by atoms with E-state index in [4.69, 9.17) is 5.26 Å². The summed E-state index contributed by atoms with van der Waals surface area (Å²) in [7, 11) is 0. The van der Waals surface area contributed by atoms with E-state index in [1.54, 1.807) is 0 Å². The van der Waals surface area contributed by atoms with E-state index in [0.29, 0.717) is 5.92 Å². The summed E-state index contributed by atoms with van der Waals surface area (Å²) in [5.41, 5.74) is 0.275. The fraction of sp³-hybridized carbons (Fsp3) is 0.909. The summed E-state index contributed by atoms with van der Waals surface area (Å²) in [5, 5.41) is 8.73. The first-order valence-electron chi connectivity index (χ1n) is 5.30. The van der Waals surface area contributed by atoms with Crippen molar-refractivity contribution in [3.63, 3.8) is 0 Å². The van der Waals surface area contributed by atoms with Gasteiger partial charge < -0.3 is 0 Å². The van der Waals surface area contributed by atoms with Crippen LogP contribution >= 0.6 is 0 Å². The third kappa shape index (κ3) is 1.46. The van der Waals surface area contributed by atoms with Gasteiger partial charge >= 0.3 is 0 Å². The van der Waals surface area contributed by atoms with E-state index in [2.05, 4.69) is 24.8 Å². The van der Waals surface area contributed by atoms with Crippen molar-refractivity contribution in [1.82, 2.24) is 4.90 Å². The highest BCUT2D eigenvalue weighted by molar-refractivity contribution is 5.03. The third-order valence-electron chi connectivity index (χ3n) is 3.78. The minimum atomic E-state index is 0.275. The van der Waals surface area contributed by atoms with Gasteiger partial charge in [-0.15, -0.1) is 0 Å². The van der Waals surface area contributed by atoms with Crippen LogP contribution in [-0.2, 0) is 0 Å². The van der Waals surface area contributed by atoms with Crippen LogP contribution in [-0.4, -0.2) is 23.0 Å². The molecule has 0 radical (unpaired) electrons. The molecule has 1 aliphatic heterocycles. The quantitative estimate of drug-likeness (QED) is 0.648. The third-order valence-corrected chi connectivity index (χ3v) is 3.78. The van der Waals surface area contributed by atoms with Gasteiger partial charge in [0.15, 0.2) is 0 Å². The Morgan fingerprint density at radius 2 is 2.08 bits per heavy atom. The molecule has 0 N–H and O–H groups in total. The van der Waals surface area contributed by atoms with Gasteiger partial charge in [-0.2, -0.15) is 5.26 Å². The van der Waals surface area contributed by atoms with Crippen molar-refractivity contribution in [3.05, 3.63) is 0 Å². The molecule has 0 aromatic carbocycles. The van der Waals surface area contributed by atoms with E-state index in [9.17, 15) is 0 Å². The first-order chi connectivity index (χ1) is 6.16. The molecule has 2 nitrogen and oxygen atoms in total. The number of hydrogen-bond donors (Lipinski definition) is 0. The fourth-order valence-electron chi connectivity index (χ4n) is 2.67. The molecule has 1 saturated heterocycles. The zero-order valence-corrected chi connectivity index (χ0v) is 8.58. The van der Waals surface area contributed by atoms with Crippen molar-refractivity contribution >= 4 is 0 Å². The predicted octanol–water partition coefficient (Wildman–Crippen LogP) is 2.16. The second-order valence-corrected chi connectivity index (χ2v) is 4.93. The smallest absolute Gasteiger partial charge is 0.0625 e. The van der Waals surface area contributed by atoms with Gasteiger partial charge in [-0.1, -0.05) is 0 Å². The Kier molecular flexibility index (Phi) is 2.08. The van der Waals surface area contributed by atoms with Crippen LogP contribution in [0.15, 0.2) is 0 Å². The molecule has 2 heteroatoms. The second kappa shape index (κ2) is 2.99. The van der Waals surface area contributed by atoms with E-state index < -0.39 is 0 Å². The van der Waals surface area contributed by atoms with E-state index in [1.807, 2.05) is 0 Å². The average molecular weight is 178 g/mol. The Labute approximate surface area is 80.5 Å². The highest BCUT2D eigenvalue weighted by Gasteiger charge is 2.46. The largest absolute Gasteiger partial charge is 0.295 e. The Morgan fingerprint density at radius 3 is 2.62 bits per heavy atom. The molecule has 0 spiro atoms. The zero-order valence-electron chi connectivity index (χ0n) is 8.58. The van der Waals surface area contributed by atoms with Crippen LogP contribution < -0.4 is 0 Å². The van der Waals surface area contributed by atoms with Crippen molar-refractivity contribution in [2.75, 3.05) is 6.54 Å². The average Bonchev–Trinajstić information content (AvgIpc) is 2.82. The molecular formula is C11H18N2. The monoisotopic (exact) mass is 178 g/mol. The normalized spacial score (nSPS) is 33.2. The van der Waals surface area contributed by atoms with Gasteiger partial charge in [-0.3, -0.25) is 4.90 Å². The summed E-state index contributed by atoms with van der Waals surface area (Å²) < 4.78 is 0. The Morgan fingerprint density at radius 1 is 1.38 bits per heavy atom. The van der Waals surface area contributed by atoms with Crippen LogP contribution in [0.3, 0.4) is 0 Å². The molecule has 1 atom stereocenters. The minimum absolute atomic E-state index is 0.275. The molecule has 1 heterocycles. The number of rotatable bonds is 2. The summed E-state index contributed by atoms with van der Waals surface area (Å²) in [4.78, 5) is 2.62. The van der Waals surface area contributed by atoms with Crippen LogP contribution in [0.1, 0.15) is 39.5 Å². The highest BCUT2D eigenvalue weighted by atomic mass is 15.3. The molecule has 72 valence electrons. The summed E-state index contributed by atoms with van der Waals surface area (Å²) in [6, 6.07) is 3.16. The van der Waals surface area contributed by atoms with Crippen LogP contribution in [0.5, 0.6) is 0 Å². The number of hydrogen-bond acceptors (Lipinski definition) is 2.